The minimum atomic E-state index is -0.465. The molecule has 3 aromatic rings. The Morgan fingerprint density at radius 1 is 0.897 bits per heavy atom. The largest absolute Gasteiger partial charge is 0.366 e. The Hall–Kier alpha value is -3.91. The van der Waals surface area contributed by atoms with E-state index in [0.717, 1.165) is 22.3 Å². The molecule has 3 aromatic carbocycles. The van der Waals surface area contributed by atoms with E-state index in [-0.39, 0.29) is 5.91 Å². The molecule has 5 nitrogen and oxygen atoms in total. The molecule has 0 aromatic heterocycles. The van der Waals surface area contributed by atoms with Gasteiger partial charge in [-0.2, -0.15) is 5.26 Å². The third-order valence-electron chi connectivity index (χ3n) is 4.68. The van der Waals surface area contributed by atoms with Crippen LogP contribution in [-0.4, -0.2) is 16.7 Å². The van der Waals surface area contributed by atoms with Crippen molar-refractivity contribution in [3.63, 3.8) is 0 Å². The molecule has 0 aliphatic carbocycles. The first-order valence-corrected chi connectivity index (χ1v) is 9.20. The second-order valence-corrected chi connectivity index (χ2v) is 6.83. The SMILES string of the molecule is CC(=O)N(Cc1ccc(C#N)cc1)Cc1cccc(-c2cccc(C(N)=O)c2)c1. The van der Waals surface area contributed by atoms with Gasteiger partial charge in [-0.25, -0.2) is 0 Å². The summed E-state index contributed by atoms with van der Waals surface area (Å²) in [5, 5.41) is 8.92. The number of carbonyl (C=O) groups is 2. The molecule has 144 valence electrons. The van der Waals surface area contributed by atoms with Crippen LogP contribution < -0.4 is 5.73 Å². The molecule has 0 fully saturated rings. The van der Waals surface area contributed by atoms with E-state index in [4.69, 9.17) is 11.0 Å². The molecule has 2 N–H and O–H groups in total. The van der Waals surface area contributed by atoms with Crippen LogP contribution in [0.4, 0.5) is 0 Å². The van der Waals surface area contributed by atoms with Gasteiger partial charge in [-0.1, -0.05) is 42.5 Å². The summed E-state index contributed by atoms with van der Waals surface area (Å²) in [6, 6.07) is 24.4. The van der Waals surface area contributed by atoms with Gasteiger partial charge < -0.3 is 10.6 Å². The van der Waals surface area contributed by atoms with Crippen molar-refractivity contribution >= 4 is 11.8 Å². The lowest BCUT2D eigenvalue weighted by atomic mass is 10.0. The molecule has 0 unspecified atom stereocenters. The summed E-state index contributed by atoms with van der Waals surface area (Å²) in [5.74, 6) is -0.497. The molecule has 0 atom stereocenters. The summed E-state index contributed by atoms with van der Waals surface area (Å²) in [6.45, 7) is 2.46. The van der Waals surface area contributed by atoms with E-state index in [1.54, 1.807) is 42.2 Å². The fourth-order valence-electron chi connectivity index (χ4n) is 3.11. The fraction of sp³-hybridized carbons (Fsp3) is 0.125. The smallest absolute Gasteiger partial charge is 0.248 e. The van der Waals surface area contributed by atoms with Crippen molar-refractivity contribution in [2.45, 2.75) is 20.0 Å². The minimum Gasteiger partial charge on any atom is -0.366 e. The summed E-state index contributed by atoms with van der Waals surface area (Å²) >= 11 is 0. The molecule has 0 aliphatic heterocycles. The highest BCUT2D eigenvalue weighted by Crippen LogP contribution is 2.23. The van der Waals surface area contributed by atoms with Gasteiger partial charge in [0.05, 0.1) is 11.6 Å². The fourth-order valence-corrected chi connectivity index (χ4v) is 3.11. The zero-order chi connectivity index (χ0) is 20.8. The number of hydrogen-bond acceptors (Lipinski definition) is 3. The van der Waals surface area contributed by atoms with E-state index < -0.39 is 5.91 Å². The number of carbonyl (C=O) groups excluding carboxylic acids is 2. The van der Waals surface area contributed by atoms with Crippen LogP contribution in [0.5, 0.6) is 0 Å². The number of nitrogens with two attached hydrogens (primary N) is 1. The molecular weight excluding hydrogens is 362 g/mol. The Kier molecular flexibility index (Phi) is 6.06. The molecule has 0 spiro atoms. The standard InChI is InChI=1S/C24H21N3O2/c1-17(28)27(15-19-10-8-18(14-25)9-11-19)16-20-4-2-5-21(12-20)22-6-3-7-23(13-22)24(26)29/h2-13H,15-16H2,1H3,(H2,26,29). The zero-order valence-electron chi connectivity index (χ0n) is 16.1. The van der Waals surface area contributed by atoms with Gasteiger partial charge in [0, 0.05) is 25.6 Å². The summed E-state index contributed by atoms with van der Waals surface area (Å²) in [4.78, 5) is 25.4. The number of primary amides is 1. The molecule has 29 heavy (non-hydrogen) atoms. The van der Waals surface area contributed by atoms with Crippen molar-refractivity contribution in [3.8, 4) is 17.2 Å². The molecular formula is C24H21N3O2. The van der Waals surface area contributed by atoms with E-state index in [2.05, 4.69) is 6.07 Å². The number of benzene rings is 3. The Bertz CT molecular complexity index is 1080. The Morgan fingerprint density at radius 3 is 2.14 bits per heavy atom. The van der Waals surface area contributed by atoms with Crippen LogP contribution in [0, 0.1) is 11.3 Å². The molecule has 2 amide bonds. The molecule has 0 saturated heterocycles. The Morgan fingerprint density at radius 2 is 1.52 bits per heavy atom. The third kappa shape index (κ3) is 5.08. The molecule has 0 saturated carbocycles. The topological polar surface area (TPSA) is 87.2 Å². The lowest BCUT2D eigenvalue weighted by Gasteiger charge is -2.22. The van der Waals surface area contributed by atoms with E-state index in [1.807, 2.05) is 42.5 Å². The van der Waals surface area contributed by atoms with Gasteiger partial charge in [0.1, 0.15) is 0 Å². The number of hydrogen-bond donors (Lipinski definition) is 1. The van der Waals surface area contributed by atoms with Crippen LogP contribution in [0.25, 0.3) is 11.1 Å². The van der Waals surface area contributed by atoms with Crippen LogP contribution in [0.3, 0.4) is 0 Å². The van der Waals surface area contributed by atoms with Crippen molar-refractivity contribution < 1.29 is 9.59 Å². The molecule has 3 rings (SSSR count). The first-order chi connectivity index (χ1) is 14.0. The van der Waals surface area contributed by atoms with Crippen LogP contribution in [0.1, 0.15) is 34.0 Å². The normalized spacial score (nSPS) is 10.2. The molecule has 0 bridgehead atoms. The van der Waals surface area contributed by atoms with Gasteiger partial charge in [0.2, 0.25) is 11.8 Å². The van der Waals surface area contributed by atoms with Crippen molar-refractivity contribution in [1.82, 2.24) is 4.90 Å². The first kappa shape index (κ1) is 19.8. The number of nitrogens with zero attached hydrogens (tertiary/aromatic N) is 2. The summed E-state index contributed by atoms with van der Waals surface area (Å²) in [6.07, 6.45) is 0. The van der Waals surface area contributed by atoms with Crippen LogP contribution in [0.2, 0.25) is 0 Å². The first-order valence-electron chi connectivity index (χ1n) is 9.20. The summed E-state index contributed by atoms with van der Waals surface area (Å²) in [5.41, 5.74) is 10.2. The van der Waals surface area contributed by atoms with E-state index in [9.17, 15) is 9.59 Å². The quantitative estimate of drug-likeness (QED) is 0.701. The number of amides is 2. The summed E-state index contributed by atoms with van der Waals surface area (Å²) < 4.78 is 0. The molecule has 0 aliphatic rings. The zero-order valence-corrected chi connectivity index (χ0v) is 16.1. The molecule has 5 heteroatoms. The van der Waals surface area contributed by atoms with Gasteiger partial charge in [0.25, 0.3) is 0 Å². The van der Waals surface area contributed by atoms with Crippen LogP contribution >= 0.6 is 0 Å². The second kappa shape index (κ2) is 8.85. The lowest BCUT2D eigenvalue weighted by Crippen LogP contribution is -2.27. The third-order valence-corrected chi connectivity index (χ3v) is 4.68. The van der Waals surface area contributed by atoms with Crippen molar-refractivity contribution in [1.29, 1.82) is 5.26 Å². The van der Waals surface area contributed by atoms with E-state index in [0.29, 0.717) is 24.2 Å². The Labute approximate surface area is 170 Å². The van der Waals surface area contributed by atoms with Crippen molar-refractivity contribution in [2.75, 3.05) is 0 Å². The average Bonchev–Trinajstić information content (AvgIpc) is 2.74. The van der Waals surface area contributed by atoms with Gasteiger partial charge >= 0.3 is 0 Å². The monoisotopic (exact) mass is 383 g/mol. The van der Waals surface area contributed by atoms with Crippen LogP contribution in [0.15, 0.2) is 72.8 Å². The van der Waals surface area contributed by atoms with Crippen LogP contribution in [-0.2, 0) is 17.9 Å². The van der Waals surface area contributed by atoms with Gasteiger partial charge in [-0.3, -0.25) is 9.59 Å². The maximum Gasteiger partial charge on any atom is 0.248 e. The predicted molar refractivity (Wildman–Crippen MR) is 111 cm³/mol. The maximum atomic E-state index is 12.2. The van der Waals surface area contributed by atoms with Crippen molar-refractivity contribution in [3.05, 3.63) is 95.1 Å². The highest BCUT2D eigenvalue weighted by molar-refractivity contribution is 5.94. The second-order valence-electron chi connectivity index (χ2n) is 6.83. The van der Waals surface area contributed by atoms with Crippen molar-refractivity contribution in [2.24, 2.45) is 5.73 Å². The van der Waals surface area contributed by atoms with Gasteiger partial charge in [-0.15, -0.1) is 0 Å². The van der Waals surface area contributed by atoms with E-state index >= 15 is 0 Å². The number of nitriles is 1. The Balaban J connectivity index is 1.81. The maximum absolute atomic E-state index is 12.2. The molecule has 0 heterocycles. The average molecular weight is 383 g/mol. The minimum absolute atomic E-state index is 0.0320. The molecule has 0 radical (unpaired) electrons. The highest BCUT2D eigenvalue weighted by Gasteiger charge is 2.12. The van der Waals surface area contributed by atoms with Gasteiger partial charge in [0.15, 0.2) is 0 Å². The van der Waals surface area contributed by atoms with Gasteiger partial charge in [-0.05, 0) is 52.6 Å². The highest BCUT2D eigenvalue weighted by atomic mass is 16.2. The van der Waals surface area contributed by atoms with E-state index in [1.165, 1.54) is 0 Å². The predicted octanol–water partition coefficient (Wildman–Crippen LogP) is 3.87. The lowest BCUT2D eigenvalue weighted by molar-refractivity contribution is -0.130. The number of rotatable bonds is 6. The summed E-state index contributed by atoms with van der Waals surface area (Å²) in [7, 11) is 0.